The van der Waals surface area contributed by atoms with E-state index in [1.807, 2.05) is 0 Å². The SMILES string of the molecule is CC1=C(C)n2c(nnc2S(=O)(=O)O)C1=Nc1cc(Cl)c(O)c(Cl)c1. The molecule has 0 saturated heterocycles. The van der Waals surface area contributed by atoms with Gasteiger partial charge in [0.2, 0.25) is 0 Å². The van der Waals surface area contributed by atoms with Crippen LogP contribution in [0, 0.1) is 0 Å². The summed E-state index contributed by atoms with van der Waals surface area (Å²) in [5, 5.41) is 16.4. The minimum atomic E-state index is -4.53. The Hall–Kier alpha value is -1.94. The number of halogens is 2. The first-order valence-electron chi connectivity index (χ1n) is 6.49. The van der Waals surface area contributed by atoms with E-state index in [-0.39, 0.29) is 21.6 Å². The monoisotopic (exact) mass is 388 g/mol. The maximum Gasteiger partial charge on any atom is 0.330 e. The van der Waals surface area contributed by atoms with E-state index in [2.05, 4.69) is 15.2 Å². The molecule has 0 amide bonds. The number of aromatic hydroxyl groups is 1. The Kier molecular flexibility index (Phi) is 3.91. The van der Waals surface area contributed by atoms with Crippen molar-refractivity contribution in [3.63, 3.8) is 0 Å². The van der Waals surface area contributed by atoms with Crippen LogP contribution in [0.5, 0.6) is 5.75 Å². The number of rotatable bonds is 2. The number of aliphatic imine (C=N–C) groups is 1. The van der Waals surface area contributed by atoms with Gasteiger partial charge in [-0.1, -0.05) is 23.2 Å². The second-order valence-electron chi connectivity index (χ2n) is 5.05. The molecule has 1 aromatic heterocycles. The van der Waals surface area contributed by atoms with E-state index in [9.17, 15) is 18.1 Å². The molecule has 0 saturated carbocycles. The number of fused-ring (bicyclic) bond motifs is 1. The van der Waals surface area contributed by atoms with E-state index < -0.39 is 15.3 Å². The van der Waals surface area contributed by atoms with Crippen molar-refractivity contribution < 1.29 is 18.1 Å². The Morgan fingerprint density at radius 3 is 2.29 bits per heavy atom. The molecule has 2 heterocycles. The van der Waals surface area contributed by atoms with Crippen LogP contribution in [0.1, 0.15) is 19.7 Å². The van der Waals surface area contributed by atoms with E-state index in [0.29, 0.717) is 22.7 Å². The first kappa shape index (κ1) is 16.9. The van der Waals surface area contributed by atoms with Crippen molar-refractivity contribution in [2.75, 3.05) is 0 Å². The van der Waals surface area contributed by atoms with E-state index in [0.717, 1.165) is 0 Å². The third-order valence-corrected chi connectivity index (χ3v) is 4.85. The van der Waals surface area contributed by atoms with E-state index in [1.54, 1.807) is 13.8 Å². The topological polar surface area (TPSA) is 118 Å². The molecule has 2 aromatic rings. The number of aromatic nitrogens is 3. The fraction of sp³-hybridized carbons (Fsp3) is 0.154. The van der Waals surface area contributed by atoms with E-state index in [4.69, 9.17) is 23.2 Å². The van der Waals surface area contributed by atoms with Crippen molar-refractivity contribution in [1.82, 2.24) is 14.8 Å². The molecule has 3 rings (SSSR count). The predicted molar refractivity (Wildman–Crippen MR) is 88.7 cm³/mol. The summed E-state index contributed by atoms with van der Waals surface area (Å²) < 4.78 is 33.3. The lowest BCUT2D eigenvalue weighted by atomic mass is 10.2. The van der Waals surface area contributed by atoms with Crippen molar-refractivity contribution in [2.45, 2.75) is 19.0 Å². The Morgan fingerprint density at radius 2 is 1.75 bits per heavy atom. The summed E-state index contributed by atoms with van der Waals surface area (Å²) in [5.41, 5.74) is 1.85. The molecule has 1 aliphatic heterocycles. The van der Waals surface area contributed by atoms with Gasteiger partial charge >= 0.3 is 10.1 Å². The number of benzene rings is 1. The summed E-state index contributed by atoms with van der Waals surface area (Å²) >= 11 is 11.7. The zero-order valence-corrected chi connectivity index (χ0v) is 14.6. The molecule has 0 unspecified atom stereocenters. The van der Waals surface area contributed by atoms with Crippen LogP contribution in [0.15, 0.2) is 27.9 Å². The first-order valence-corrected chi connectivity index (χ1v) is 8.69. The average molecular weight is 389 g/mol. The summed E-state index contributed by atoms with van der Waals surface area (Å²) in [6.45, 7) is 3.37. The fourth-order valence-electron chi connectivity index (χ4n) is 2.28. The number of hydrogen-bond acceptors (Lipinski definition) is 6. The van der Waals surface area contributed by atoms with Gasteiger partial charge in [0, 0.05) is 5.70 Å². The molecular weight excluding hydrogens is 379 g/mol. The minimum absolute atomic E-state index is 0.0262. The molecule has 1 aromatic carbocycles. The van der Waals surface area contributed by atoms with Crippen molar-refractivity contribution in [3.05, 3.63) is 33.6 Å². The van der Waals surface area contributed by atoms with Gasteiger partial charge in [-0.25, -0.2) is 4.99 Å². The lowest BCUT2D eigenvalue weighted by molar-refractivity contribution is 0.471. The molecule has 8 nitrogen and oxygen atoms in total. The van der Waals surface area contributed by atoms with Gasteiger partial charge in [-0.2, -0.15) is 8.42 Å². The number of nitrogens with zero attached hydrogens (tertiary/aromatic N) is 4. The van der Waals surface area contributed by atoms with Gasteiger partial charge < -0.3 is 5.11 Å². The molecule has 11 heteroatoms. The smallest absolute Gasteiger partial charge is 0.330 e. The Morgan fingerprint density at radius 1 is 1.17 bits per heavy atom. The van der Waals surface area contributed by atoms with E-state index >= 15 is 0 Å². The second-order valence-corrected chi connectivity index (χ2v) is 7.18. The van der Waals surface area contributed by atoms with Crippen LogP contribution in [-0.2, 0) is 10.1 Å². The third-order valence-electron chi connectivity index (χ3n) is 3.55. The Labute approximate surface area is 146 Å². The fourth-order valence-corrected chi connectivity index (χ4v) is 3.35. The zero-order chi connectivity index (χ0) is 17.8. The molecule has 0 radical (unpaired) electrons. The first-order chi connectivity index (χ1) is 11.1. The lowest BCUT2D eigenvalue weighted by Gasteiger charge is -2.03. The van der Waals surface area contributed by atoms with Gasteiger partial charge in [0.05, 0.1) is 15.7 Å². The highest BCUT2D eigenvalue weighted by Gasteiger charge is 2.32. The summed E-state index contributed by atoms with van der Waals surface area (Å²) in [6.07, 6.45) is 0. The molecule has 126 valence electrons. The standard InChI is InChI=1S/C13H10Cl2N4O4S/c1-5-6(2)19-12(17-18-13(19)24(21,22)23)10(5)16-7-3-8(14)11(20)9(15)4-7/h3-4,20H,1-2H3,(H,21,22,23). The highest BCUT2D eigenvalue weighted by atomic mass is 35.5. The quantitative estimate of drug-likeness (QED) is 0.763. The number of allylic oxidation sites excluding steroid dienone is 2. The molecule has 0 bridgehead atoms. The second kappa shape index (κ2) is 5.55. The molecule has 0 fully saturated rings. The average Bonchev–Trinajstić information content (AvgIpc) is 3.01. The Balaban J connectivity index is 2.21. The molecule has 2 N–H and O–H groups in total. The van der Waals surface area contributed by atoms with E-state index in [1.165, 1.54) is 16.7 Å². The van der Waals surface area contributed by atoms with Crippen LogP contribution in [0.25, 0.3) is 5.70 Å². The van der Waals surface area contributed by atoms with Crippen molar-refractivity contribution in [2.24, 2.45) is 4.99 Å². The van der Waals surface area contributed by atoms with Crippen LogP contribution in [0.3, 0.4) is 0 Å². The van der Waals surface area contributed by atoms with Crippen LogP contribution in [0.2, 0.25) is 10.0 Å². The van der Waals surface area contributed by atoms with Crippen LogP contribution in [0.4, 0.5) is 5.69 Å². The Bertz CT molecular complexity index is 1020. The lowest BCUT2D eigenvalue weighted by Crippen LogP contribution is -2.08. The molecule has 1 aliphatic rings. The zero-order valence-electron chi connectivity index (χ0n) is 12.3. The highest BCUT2D eigenvalue weighted by molar-refractivity contribution is 7.85. The maximum absolute atomic E-state index is 11.4. The number of hydrogen-bond donors (Lipinski definition) is 2. The van der Waals surface area contributed by atoms with Crippen molar-refractivity contribution in [1.29, 1.82) is 0 Å². The molecular formula is C13H10Cl2N4O4S. The highest BCUT2D eigenvalue weighted by Crippen LogP contribution is 2.37. The van der Waals surface area contributed by atoms with Crippen molar-refractivity contribution in [3.8, 4) is 5.75 Å². The van der Waals surface area contributed by atoms with Gasteiger partial charge in [0.1, 0.15) is 5.71 Å². The largest absolute Gasteiger partial charge is 0.505 e. The van der Waals surface area contributed by atoms with Crippen LogP contribution in [-0.4, -0.2) is 38.6 Å². The molecule has 24 heavy (non-hydrogen) atoms. The van der Waals surface area contributed by atoms with Crippen molar-refractivity contribution >= 4 is 50.4 Å². The van der Waals surface area contributed by atoms with Gasteiger partial charge in [-0.05, 0) is 31.6 Å². The molecule has 0 atom stereocenters. The van der Waals surface area contributed by atoms with Gasteiger partial charge in [-0.15, -0.1) is 10.2 Å². The predicted octanol–water partition coefficient (Wildman–Crippen LogP) is 2.92. The normalized spacial score (nSPS) is 16.1. The third kappa shape index (κ3) is 2.59. The molecule has 0 aliphatic carbocycles. The summed E-state index contributed by atoms with van der Waals surface area (Å²) in [6, 6.07) is 2.81. The molecule has 0 spiro atoms. The summed E-state index contributed by atoms with van der Waals surface area (Å²) in [7, 11) is -4.53. The summed E-state index contributed by atoms with van der Waals surface area (Å²) in [4.78, 5) is 4.37. The van der Waals surface area contributed by atoms with Crippen LogP contribution >= 0.6 is 23.2 Å². The summed E-state index contributed by atoms with van der Waals surface area (Å²) in [5.74, 6) is -0.0908. The van der Waals surface area contributed by atoms with Gasteiger partial charge in [0.15, 0.2) is 11.6 Å². The van der Waals surface area contributed by atoms with Gasteiger partial charge in [-0.3, -0.25) is 9.12 Å². The maximum atomic E-state index is 11.4. The minimum Gasteiger partial charge on any atom is -0.505 e. The number of phenols is 1. The van der Waals surface area contributed by atoms with Gasteiger partial charge in [0.25, 0.3) is 5.16 Å². The number of phenolic OH excluding ortho intramolecular Hbond substituents is 1. The van der Waals surface area contributed by atoms with Crippen LogP contribution < -0.4 is 0 Å².